The number of fused-ring (bicyclic) bond motifs is 2. The van der Waals surface area contributed by atoms with Gasteiger partial charge in [-0.25, -0.2) is 4.79 Å². The predicted molar refractivity (Wildman–Crippen MR) is 119 cm³/mol. The molecule has 0 aromatic heterocycles. The first-order chi connectivity index (χ1) is 14.6. The molecule has 2 aromatic rings. The van der Waals surface area contributed by atoms with Crippen LogP contribution < -0.4 is 5.32 Å². The maximum atomic E-state index is 12.7. The molecule has 30 heavy (non-hydrogen) atoms. The van der Waals surface area contributed by atoms with E-state index in [9.17, 15) is 4.79 Å². The van der Waals surface area contributed by atoms with E-state index in [-0.39, 0.29) is 18.2 Å². The second-order valence-electron chi connectivity index (χ2n) is 8.82. The highest BCUT2D eigenvalue weighted by molar-refractivity contribution is 6.32. The van der Waals surface area contributed by atoms with Crippen LogP contribution in [0, 0.1) is 11.8 Å². The van der Waals surface area contributed by atoms with Crippen molar-refractivity contribution in [1.29, 1.82) is 0 Å². The molecule has 1 N–H and O–H groups in total. The molecule has 2 bridgehead atoms. The molecule has 3 atom stereocenters. The number of amides is 2. The standard InChI is InChI=1S/C24H26Cl2N2O2/c25-20-7-3-1-5-18(20)23(19-6-2-4-8-21(19)26)30-17-13-28(14-17)24(29)27-22-12-15-9-10-16(22)11-15/h1-8,15-17,22-23H,9-14H2,(H,27,29). The van der Waals surface area contributed by atoms with E-state index in [0.29, 0.717) is 35.1 Å². The zero-order valence-corrected chi connectivity index (χ0v) is 18.3. The number of carbonyl (C=O) groups excluding carboxylic acids is 1. The molecule has 0 spiro atoms. The van der Waals surface area contributed by atoms with Crippen molar-refractivity contribution in [3.8, 4) is 0 Å². The van der Waals surface area contributed by atoms with Crippen LogP contribution in [-0.4, -0.2) is 36.2 Å². The Bertz CT molecular complexity index is 885. The summed E-state index contributed by atoms with van der Waals surface area (Å²) in [4.78, 5) is 14.5. The number of ether oxygens (including phenoxy) is 1. The third kappa shape index (κ3) is 3.93. The van der Waals surface area contributed by atoms with Crippen LogP contribution in [0.2, 0.25) is 10.0 Å². The second-order valence-corrected chi connectivity index (χ2v) is 9.63. The van der Waals surface area contributed by atoms with Gasteiger partial charge in [-0.2, -0.15) is 0 Å². The summed E-state index contributed by atoms with van der Waals surface area (Å²) in [7, 11) is 0. The molecule has 2 saturated carbocycles. The van der Waals surface area contributed by atoms with Crippen molar-refractivity contribution >= 4 is 29.2 Å². The number of rotatable bonds is 5. The van der Waals surface area contributed by atoms with E-state index >= 15 is 0 Å². The van der Waals surface area contributed by atoms with Crippen LogP contribution in [0.1, 0.15) is 42.9 Å². The van der Waals surface area contributed by atoms with Crippen LogP contribution in [-0.2, 0) is 4.74 Å². The van der Waals surface area contributed by atoms with Crippen molar-refractivity contribution < 1.29 is 9.53 Å². The highest BCUT2D eigenvalue weighted by Crippen LogP contribution is 2.44. The first kappa shape index (κ1) is 20.2. The third-order valence-corrected chi connectivity index (χ3v) is 7.57. The van der Waals surface area contributed by atoms with Crippen LogP contribution in [0.25, 0.3) is 0 Å². The molecule has 1 heterocycles. The van der Waals surface area contributed by atoms with Crippen molar-refractivity contribution in [2.24, 2.45) is 11.8 Å². The number of halogens is 2. The normalized spacial score (nSPS) is 25.6. The van der Waals surface area contributed by atoms with Crippen molar-refractivity contribution in [2.75, 3.05) is 13.1 Å². The number of urea groups is 1. The Labute approximate surface area is 187 Å². The fraction of sp³-hybridized carbons (Fsp3) is 0.458. The summed E-state index contributed by atoms with van der Waals surface area (Å²) in [6.07, 6.45) is 4.61. The molecule has 4 nitrogen and oxygen atoms in total. The van der Waals surface area contributed by atoms with Crippen LogP contribution in [0.4, 0.5) is 4.79 Å². The van der Waals surface area contributed by atoms with E-state index in [1.54, 1.807) is 0 Å². The smallest absolute Gasteiger partial charge is 0.317 e. The van der Waals surface area contributed by atoms with Crippen molar-refractivity contribution in [1.82, 2.24) is 10.2 Å². The summed E-state index contributed by atoms with van der Waals surface area (Å²) in [5, 5.41) is 4.55. The molecule has 1 aliphatic heterocycles. The quantitative estimate of drug-likeness (QED) is 0.643. The molecule has 3 aliphatic rings. The number of hydrogen-bond acceptors (Lipinski definition) is 2. The van der Waals surface area contributed by atoms with Gasteiger partial charge in [0.05, 0.1) is 19.2 Å². The molecule has 6 heteroatoms. The minimum atomic E-state index is -0.367. The molecule has 2 aromatic carbocycles. The zero-order valence-electron chi connectivity index (χ0n) is 16.8. The Morgan fingerprint density at radius 3 is 2.13 bits per heavy atom. The van der Waals surface area contributed by atoms with Gasteiger partial charge in [-0.3, -0.25) is 0 Å². The van der Waals surface area contributed by atoms with Crippen LogP contribution >= 0.6 is 23.2 Å². The molecular weight excluding hydrogens is 419 g/mol. The van der Waals surface area contributed by atoms with Gasteiger partial charge in [-0.1, -0.05) is 66.0 Å². The third-order valence-electron chi connectivity index (χ3n) is 6.89. The molecular formula is C24H26Cl2N2O2. The molecule has 158 valence electrons. The molecule has 2 amide bonds. The van der Waals surface area contributed by atoms with Gasteiger partial charge in [0, 0.05) is 27.2 Å². The van der Waals surface area contributed by atoms with Crippen LogP contribution in [0.5, 0.6) is 0 Å². The monoisotopic (exact) mass is 444 g/mol. The Kier molecular flexibility index (Phi) is 5.65. The van der Waals surface area contributed by atoms with Gasteiger partial charge >= 0.3 is 6.03 Å². The minimum absolute atomic E-state index is 0.0411. The van der Waals surface area contributed by atoms with E-state index in [2.05, 4.69) is 5.32 Å². The van der Waals surface area contributed by atoms with Gasteiger partial charge in [0.2, 0.25) is 0 Å². The van der Waals surface area contributed by atoms with Crippen molar-refractivity contribution in [3.63, 3.8) is 0 Å². The highest BCUT2D eigenvalue weighted by Gasteiger charge is 2.42. The number of nitrogens with one attached hydrogen (secondary N) is 1. The Balaban J connectivity index is 1.24. The lowest BCUT2D eigenvalue weighted by Crippen LogP contribution is -2.59. The topological polar surface area (TPSA) is 41.6 Å². The maximum absolute atomic E-state index is 12.7. The first-order valence-corrected chi connectivity index (χ1v) is 11.5. The van der Waals surface area contributed by atoms with E-state index in [1.807, 2.05) is 53.4 Å². The lowest BCUT2D eigenvalue weighted by atomic mass is 9.95. The summed E-state index contributed by atoms with van der Waals surface area (Å²) >= 11 is 12.9. The zero-order chi connectivity index (χ0) is 20.7. The van der Waals surface area contributed by atoms with E-state index in [1.165, 1.54) is 19.3 Å². The summed E-state index contributed by atoms with van der Waals surface area (Å²) in [5.74, 6) is 1.50. The van der Waals surface area contributed by atoms with Gasteiger partial charge in [0.15, 0.2) is 0 Å². The Morgan fingerprint density at radius 2 is 1.60 bits per heavy atom. The van der Waals surface area contributed by atoms with Gasteiger partial charge in [-0.15, -0.1) is 0 Å². The average molecular weight is 445 g/mol. The number of nitrogens with zero attached hydrogens (tertiary/aromatic N) is 1. The fourth-order valence-corrected chi connectivity index (χ4v) is 5.71. The second kappa shape index (κ2) is 8.41. The molecule has 5 rings (SSSR count). The lowest BCUT2D eigenvalue weighted by Gasteiger charge is -2.41. The van der Waals surface area contributed by atoms with Crippen molar-refractivity contribution in [2.45, 2.75) is 43.9 Å². The van der Waals surface area contributed by atoms with E-state index < -0.39 is 0 Å². The summed E-state index contributed by atoms with van der Waals surface area (Å²) < 4.78 is 6.43. The highest BCUT2D eigenvalue weighted by atomic mass is 35.5. The Morgan fingerprint density at radius 1 is 0.967 bits per heavy atom. The summed E-state index contributed by atoms with van der Waals surface area (Å²) in [5.41, 5.74) is 1.77. The number of likely N-dealkylation sites (tertiary alicyclic amines) is 1. The van der Waals surface area contributed by atoms with Gasteiger partial charge in [0.25, 0.3) is 0 Å². The lowest BCUT2D eigenvalue weighted by molar-refractivity contribution is -0.0649. The molecule has 3 fully saturated rings. The maximum Gasteiger partial charge on any atom is 0.317 e. The van der Waals surface area contributed by atoms with Crippen molar-refractivity contribution in [3.05, 3.63) is 69.7 Å². The van der Waals surface area contributed by atoms with E-state index in [0.717, 1.165) is 23.5 Å². The number of hydrogen-bond donors (Lipinski definition) is 1. The van der Waals surface area contributed by atoms with Gasteiger partial charge in [-0.05, 0) is 43.2 Å². The SMILES string of the molecule is O=C(NC1CC2CCC1C2)N1CC(OC(c2ccccc2Cl)c2ccccc2Cl)C1. The van der Waals surface area contributed by atoms with Gasteiger partial charge < -0.3 is 15.0 Å². The molecule has 2 aliphatic carbocycles. The Hall–Kier alpha value is -1.75. The largest absolute Gasteiger partial charge is 0.362 e. The molecule has 3 unspecified atom stereocenters. The average Bonchev–Trinajstić information content (AvgIpc) is 3.32. The molecule has 0 radical (unpaired) electrons. The number of benzene rings is 2. The summed E-state index contributed by atoms with van der Waals surface area (Å²) in [6.45, 7) is 1.16. The summed E-state index contributed by atoms with van der Waals surface area (Å²) in [6, 6.07) is 15.8. The van der Waals surface area contributed by atoms with Crippen LogP contribution in [0.3, 0.4) is 0 Å². The van der Waals surface area contributed by atoms with E-state index in [4.69, 9.17) is 27.9 Å². The minimum Gasteiger partial charge on any atom is -0.362 e. The molecule has 1 saturated heterocycles. The fourth-order valence-electron chi connectivity index (χ4n) is 5.24. The first-order valence-electron chi connectivity index (χ1n) is 10.8. The van der Waals surface area contributed by atoms with Crippen LogP contribution in [0.15, 0.2) is 48.5 Å². The predicted octanol–water partition coefficient (Wildman–Crippen LogP) is 5.68. The van der Waals surface area contributed by atoms with Gasteiger partial charge in [0.1, 0.15) is 6.10 Å². The number of carbonyl (C=O) groups is 1.